The van der Waals surface area contributed by atoms with Crippen LogP contribution in [0, 0.1) is 15.9 Å². The summed E-state index contributed by atoms with van der Waals surface area (Å²) in [6.07, 6.45) is -0.329. The van der Waals surface area contributed by atoms with Gasteiger partial charge in [-0.25, -0.2) is 4.39 Å². The van der Waals surface area contributed by atoms with Gasteiger partial charge in [0.05, 0.1) is 24.5 Å². The third-order valence-corrected chi connectivity index (χ3v) is 2.29. The van der Waals surface area contributed by atoms with Crippen molar-refractivity contribution in [1.29, 1.82) is 0 Å². The number of aromatic hydroxyl groups is 1. The molecule has 0 bridgehead atoms. The van der Waals surface area contributed by atoms with Crippen LogP contribution in [0.5, 0.6) is 5.75 Å². The lowest BCUT2D eigenvalue weighted by Gasteiger charge is -2.12. The van der Waals surface area contributed by atoms with E-state index in [2.05, 4.69) is 4.74 Å². The molecule has 1 aromatic rings. The number of methoxy groups -OCH3 is 1. The lowest BCUT2D eigenvalue weighted by atomic mass is 10.0. The van der Waals surface area contributed by atoms with Gasteiger partial charge in [-0.2, -0.15) is 0 Å². The van der Waals surface area contributed by atoms with Gasteiger partial charge in [0, 0.05) is 11.6 Å². The molecule has 0 aliphatic rings. The van der Waals surface area contributed by atoms with Gasteiger partial charge in [-0.3, -0.25) is 14.9 Å². The van der Waals surface area contributed by atoms with Gasteiger partial charge in [0.25, 0.3) is 0 Å². The number of ether oxygens (including phenoxy) is 1. The van der Waals surface area contributed by atoms with Crippen molar-refractivity contribution < 1.29 is 24.0 Å². The van der Waals surface area contributed by atoms with E-state index in [9.17, 15) is 24.4 Å². The first-order valence-electron chi connectivity index (χ1n) is 4.86. The zero-order valence-corrected chi connectivity index (χ0v) is 9.42. The maximum Gasteiger partial charge on any atom is 0.313 e. The Morgan fingerprint density at radius 2 is 2.28 bits per heavy atom. The Bertz CT molecular complexity index is 491. The zero-order valence-electron chi connectivity index (χ0n) is 9.42. The maximum absolute atomic E-state index is 13.2. The maximum atomic E-state index is 13.2. The van der Waals surface area contributed by atoms with Crippen molar-refractivity contribution in [3.05, 3.63) is 33.6 Å². The van der Waals surface area contributed by atoms with Crippen molar-refractivity contribution in [1.82, 2.24) is 0 Å². The molecule has 0 radical (unpaired) electrons. The lowest BCUT2D eigenvalue weighted by molar-refractivity contribution is -0.386. The molecule has 8 heteroatoms. The number of rotatable bonds is 4. The SMILES string of the molecule is COC(=O)C[C@@H](N)c1cc(F)cc([N+](=O)[O-])c1O. The molecule has 18 heavy (non-hydrogen) atoms. The van der Waals surface area contributed by atoms with Crippen LogP contribution in [-0.4, -0.2) is 23.1 Å². The number of benzene rings is 1. The summed E-state index contributed by atoms with van der Waals surface area (Å²) >= 11 is 0. The molecule has 1 aromatic carbocycles. The molecule has 7 nitrogen and oxygen atoms in total. The number of hydrogen-bond acceptors (Lipinski definition) is 6. The lowest BCUT2D eigenvalue weighted by Crippen LogP contribution is -2.17. The summed E-state index contributed by atoms with van der Waals surface area (Å²) in [5.41, 5.74) is 4.54. The van der Waals surface area contributed by atoms with Crippen LogP contribution in [0.25, 0.3) is 0 Å². The summed E-state index contributed by atoms with van der Waals surface area (Å²) in [5.74, 6) is -2.35. The minimum atomic E-state index is -1.09. The fourth-order valence-corrected chi connectivity index (χ4v) is 1.40. The molecule has 0 saturated heterocycles. The summed E-state index contributed by atoms with van der Waals surface area (Å²) < 4.78 is 17.5. The minimum Gasteiger partial charge on any atom is -0.502 e. The number of nitro groups is 1. The number of phenols is 1. The average Bonchev–Trinajstić information content (AvgIpc) is 2.30. The highest BCUT2D eigenvalue weighted by molar-refractivity contribution is 5.70. The normalized spacial score (nSPS) is 11.9. The van der Waals surface area contributed by atoms with Gasteiger partial charge in [-0.05, 0) is 6.07 Å². The third kappa shape index (κ3) is 2.92. The van der Waals surface area contributed by atoms with Crippen LogP contribution < -0.4 is 5.73 Å². The van der Waals surface area contributed by atoms with Gasteiger partial charge < -0.3 is 15.6 Å². The van der Waals surface area contributed by atoms with E-state index in [1.54, 1.807) is 0 Å². The van der Waals surface area contributed by atoms with E-state index < -0.39 is 34.2 Å². The van der Waals surface area contributed by atoms with Crippen molar-refractivity contribution in [3.63, 3.8) is 0 Å². The van der Waals surface area contributed by atoms with Crippen LogP contribution in [0.2, 0.25) is 0 Å². The molecule has 0 heterocycles. The molecule has 3 N–H and O–H groups in total. The first-order valence-corrected chi connectivity index (χ1v) is 4.86. The molecule has 0 aliphatic carbocycles. The van der Waals surface area contributed by atoms with E-state index in [0.717, 1.165) is 13.2 Å². The number of nitrogens with two attached hydrogens (primary N) is 1. The Morgan fingerprint density at radius 3 is 2.78 bits per heavy atom. The van der Waals surface area contributed by atoms with Gasteiger partial charge in [0.1, 0.15) is 5.82 Å². The third-order valence-electron chi connectivity index (χ3n) is 2.29. The number of nitrogens with zero attached hydrogens (tertiary/aromatic N) is 1. The predicted molar refractivity (Wildman–Crippen MR) is 58.3 cm³/mol. The zero-order chi connectivity index (χ0) is 13.9. The molecule has 98 valence electrons. The summed E-state index contributed by atoms with van der Waals surface area (Å²) in [5, 5.41) is 20.2. The Balaban J connectivity index is 3.16. The van der Waals surface area contributed by atoms with E-state index >= 15 is 0 Å². The average molecular weight is 258 g/mol. The van der Waals surface area contributed by atoms with Crippen molar-refractivity contribution >= 4 is 11.7 Å². The molecule has 0 amide bonds. The minimum absolute atomic E-state index is 0.216. The van der Waals surface area contributed by atoms with Gasteiger partial charge in [-0.15, -0.1) is 0 Å². The van der Waals surface area contributed by atoms with E-state index in [-0.39, 0.29) is 12.0 Å². The summed E-state index contributed by atoms with van der Waals surface area (Å²) in [6, 6.07) is 0.325. The molecule has 1 atom stereocenters. The Kier molecular flexibility index (Phi) is 4.16. The second kappa shape index (κ2) is 5.41. The largest absolute Gasteiger partial charge is 0.502 e. The standard InChI is InChI=1S/C10H11FN2O5/c1-18-9(14)4-7(12)6-2-5(11)3-8(10(6)15)13(16)17/h2-3,7,15H,4,12H2,1H3/t7-/m1/s1. The fraction of sp³-hybridized carbons (Fsp3) is 0.300. The predicted octanol–water partition coefficient (Wildman–Crippen LogP) is 1.00. The number of hydrogen-bond donors (Lipinski definition) is 2. The van der Waals surface area contributed by atoms with Crippen LogP contribution in [0.4, 0.5) is 10.1 Å². The first kappa shape index (κ1) is 13.8. The number of carbonyl (C=O) groups excluding carboxylic acids is 1. The van der Waals surface area contributed by atoms with Gasteiger partial charge in [0.2, 0.25) is 0 Å². The number of nitro benzene ring substituents is 1. The topological polar surface area (TPSA) is 116 Å². The van der Waals surface area contributed by atoms with Crippen molar-refractivity contribution in [2.24, 2.45) is 5.73 Å². The number of esters is 1. The molecule has 0 aliphatic heterocycles. The second-order valence-electron chi connectivity index (χ2n) is 3.51. The van der Waals surface area contributed by atoms with Gasteiger partial charge in [0.15, 0.2) is 5.75 Å². The molecule has 0 unspecified atom stereocenters. The Morgan fingerprint density at radius 1 is 1.67 bits per heavy atom. The van der Waals surface area contributed by atoms with Crippen LogP contribution in [0.1, 0.15) is 18.0 Å². The molecular formula is C10H11FN2O5. The summed E-state index contributed by atoms with van der Waals surface area (Å²) in [4.78, 5) is 20.6. The summed E-state index contributed by atoms with van der Waals surface area (Å²) in [7, 11) is 1.14. The highest BCUT2D eigenvalue weighted by atomic mass is 19.1. The van der Waals surface area contributed by atoms with E-state index in [4.69, 9.17) is 5.73 Å². The highest BCUT2D eigenvalue weighted by Crippen LogP contribution is 2.34. The molecule has 0 fully saturated rings. The van der Waals surface area contributed by atoms with Crippen LogP contribution in [0.15, 0.2) is 12.1 Å². The molecule has 0 spiro atoms. The number of carbonyl (C=O) groups is 1. The van der Waals surface area contributed by atoms with Crippen molar-refractivity contribution in [3.8, 4) is 5.75 Å². The Hall–Kier alpha value is -2.22. The monoisotopic (exact) mass is 258 g/mol. The van der Waals surface area contributed by atoms with Crippen LogP contribution in [-0.2, 0) is 9.53 Å². The molecule has 1 rings (SSSR count). The van der Waals surface area contributed by atoms with E-state index in [1.807, 2.05) is 0 Å². The fourth-order valence-electron chi connectivity index (χ4n) is 1.40. The molecule has 0 saturated carbocycles. The highest BCUT2D eigenvalue weighted by Gasteiger charge is 2.24. The Labute approximate surface area is 101 Å². The van der Waals surface area contributed by atoms with Gasteiger partial charge in [-0.1, -0.05) is 0 Å². The smallest absolute Gasteiger partial charge is 0.313 e. The van der Waals surface area contributed by atoms with Gasteiger partial charge >= 0.3 is 11.7 Å². The molecular weight excluding hydrogens is 247 g/mol. The van der Waals surface area contributed by atoms with Crippen LogP contribution in [0.3, 0.4) is 0 Å². The number of phenolic OH excluding ortho intramolecular Hbond substituents is 1. The molecule has 0 aromatic heterocycles. The van der Waals surface area contributed by atoms with Crippen molar-refractivity contribution in [2.45, 2.75) is 12.5 Å². The second-order valence-corrected chi connectivity index (χ2v) is 3.51. The number of halogens is 1. The summed E-state index contributed by atoms with van der Waals surface area (Å²) in [6.45, 7) is 0. The quantitative estimate of drug-likeness (QED) is 0.473. The first-order chi connectivity index (χ1) is 8.36. The van der Waals surface area contributed by atoms with E-state index in [1.165, 1.54) is 0 Å². The van der Waals surface area contributed by atoms with Crippen LogP contribution >= 0.6 is 0 Å². The van der Waals surface area contributed by atoms with E-state index in [0.29, 0.717) is 6.07 Å². The van der Waals surface area contributed by atoms with Crippen molar-refractivity contribution in [2.75, 3.05) is 7.11 Å².